The maximum absolute atomic E-state index is 10.7. The molecule has 46 heavy (non-hydrogen) atoms. The van der Waals surface area contributed by atoms with Gasteiger partial charge in [0.1, 0.15) is 60.4 Å². The molecule has 2 unspecified atom stereocenters. The van der Waals surface area contributed by atoms with Gasteiger partial charge in [-0.05, 0) is 0 Å². The molecule has 0 spiro atoms. The number of hydrogen-bond donors (Lipinski definition) is 10. The lowest BCUT2D eigenvalue weighted by Gasteiger charge is -2.41. The summed E-state index contributed by atoms with van der Waals surface area (Å²) in [6.45, 7) is -1.43. The van der Waals surface area contributed by atoms with Crippen LogP contribution >= 0.6 is 0 Å². The topological polar surface area (TPSA) is 270 Å². The van der Waals surface area contributed by atoms with Crippen molar-refractivity contribution < 1.29 is 84.2 Å². The average molecular weight is 658 g/mol. The fourth-order valence-electron chi connectivity index (χ4n) is 5.36. The van der Waals surface area contributed by atoms with Crippen molar-refractivity contribution in [2.75, 3.05) is 27.4 Å². The molecule has 3 heterocycles. The van der Waals surface area contributed by atoms with Gasteiger partial charge in [-0.25, -0.2) is 0 Å². The number of phenols is 1. The normalized spacial score (nSPS) is 36.0. The van der Waals surface area contributed by atoms with Gasteiger partial charge in [0.2, 0.25) is 30.2 Å². The number of hydrogen-bond acceptors (Lipinski definition) is 16. The second kappa shape index (κ2) is 13.6. The minimum atomic E-state index is -1.80. The molecule has 0 bridgehead atoms. The maximum Gasteiger partial charge on any atom is 0.305 e. The standard InChI is InChI=1S/C29H36O17/c1-40-15-3-10(4-16(41-2)20(15)33)27-17(44-29-26(39)24(37)22(35)19(9-31)46-29)7-12-13(42-27)5-11(32)6-14(12)43-28-25(38)23(36)21(34)18(8-30)45-28/h3-7,13,18-19,21-26,28-39H,8-9H2,1-2H3/p+1/t13?,18-,19+,21-,22+,23?,24-,25-,26+,28-,29+/m1/s1. The summed E-state index contributed by atoms with van der Waals surface area (Å²) in [5.74, 6) is -0.868. The van der Waals surface area contributed by atoms with Crippen LogP contribution in [0.4, 0.5) is 0 Å². The van der Waals surface area contributed by atoms with Crippen LogP contribution in [0.15, 0.2) is 53.2 Å². The zero-order valence-corrected chi connectivity index (χ0v) is 24.5. The Morgan fingerprint density at radius 2 is 1.24 bits per heavy atom. The molecule has 1 aliphatic carbocycles. The van der Waals surface area contributed by atoms with Crippen molar-refractivity contribution >= 4 is 5.76 Å². The largest absolute Gasteiger partial charge is 0.571 e. The van der Waals surface area contributed by atoms with Gasteiger partial charge in [-0.2, -0.15) is 0 Å². The Morgan fingerprint density at radius 1 is 0.717 bits per heavy atom. The highest BCUT2D eigenvalue weighted by molar-refractivity contribution is 5.71. The van der Waals surface area contributed by atoms with E-state index < -0.39 is 80.7 Å². The summed E-state index contributed by atoms with van der Waals surface area (Å²) in [4.78, 5) is 0. The summed E-state index contributed by atoms with van der Waals surface area (Å²) in [6.07, 6.45) is -13.4. The molecule has 5 rings (SSSR count). The summed E-state index contributed by atoms with van der Waals surface area (Å²) in [5, 5.41) is 102. The van der Waals surface area contributed by atoms with Crippen molar-refractivity contribution in [1.29, 1.82) is 0 Å². The van der Waals surface area contributed by atoms with Crippen molar-refractivity contribution in [3.63, 3.8) is 0 Å². The predicted molar refractivity (Wildman–Crippen MR) is 151 cm³/mol. The molecule has 0 saturated carbocycles. The zero-order chi connectivity index (χ0) is 33.4. The summed E-state index contributed by atoms with van der Waals surface area (Å²) in [7, 11) is 2.62. The second-order valence-electron chi connectivity index (χ2n) is 10.8. The van der Waals surface area contributed by atoms with Crippen molar-refractivity contribution in [2.24, 2.45) is 0 Å². The maximum atomic E-state index is 10.7. The Kier molecular flexibility index (Phi) is 9.99. The third kappa shape index (κ3) is 6.21. The third-order valence-electron chi connectivity index (χ3n) is 7.94. The van der Waals surface area contributed by atoms with Crippen molar-refractivity contribution in [1.82, 2.24) is 0 Å². The van der Waals surface area contributed by atoms with Crippen LogP contribution in [0.2, 0.25) is 0 Å². The number of aliphatic hydroxyl groups is 11. The lowest BCUT2D eigenvalue weighted by Crippen LogP contribution is -2.59. The van der Waals surface area contributed by atoms with Crippen LogP contribution in [0.5, 0.6) is 17.2 Å². The molecule has 2 saturated heterocycles. The number of allylic oxidation sites excluding steroid dienone is 2. The number of fused-ring (bicyclic) bond motifs is 1. The molecule has 0 aromatic heterocycles. The van der Waals surface area contributed by atoms with Crippen LogP contribution in [0, 0.1) is 0 Å². The highest BCUT2D eigenvalue weighted by atomic mass is 16.7. The fraction of sp³-hybridized carbons (Fsp3) is 0.517. The average Bonchev–Trinajstić information content (AvgIpc) is 3.05. The van der Waals surface area contributed by atoms with E-state index in [2.05, 4.69) is 4.74 Å². The molecule has 17 heteroatoms. The van der Waals surface area contributed by atoms with Gasteiger partial charge in [-0.3, -0.25) is 0 Å². The number of benzene rings is 1. The van der Waals surface area contributed by atoms with E-state index in [0.717, 1.165) is 6.08 Å². The number of methoxy groups -OCH3 is 2. The van der Waals surface area contributed by atoms with Gasteiger partial charge < -0.3 is 84.2 Å². The van der Waals surface area contributed by atoms with Crippen LogP contribution in [0.3, 0.4) is 0 Å². The SMILES string of the molecule is COc1cc(C2=C(O[C@H]3O[C@@H](CO)[C@H](O)[C@@H](O)[C@@H]3O)C=C3C(O[C@@H]4O[C@H](CO)[C@@H](O)C(O)[C@H]4O)=CC(O)=CC3[OH+]2)cc(OC)c1O. The van der Waals surface area contributed by atoms with E-state index in [4.69, 9.17) is 28.4 Å². The van der Waals surface area contributed by atoms with Gasteiger partial charge in [0.25, 0.3) is 0 Å². The Hall–Kier alpha value is -3.62. The first-order valence-corrected chi connectivity index (χ1v) is 14.1. The summed E-state index contributed by atoms with van der Waals surface area (Å²) >= 11 is 0. The van der Waals surface area contributed by atoms with E-state index in [1.807, 2.05) is 0 Å². The van der Waals surface area contributed by atoms with E-state index in [1.165, 1.54) is 38.5 Å². The summed E-state index contributed by atoms with van der Waals surface area (Å²) in [6, 6.07) is 2.81. The van der Waals surface area contributed by atoms with Gasteiger partial charge in [0, 0.05) is 24.3 Å². The number of rotatable bonds is 9. The molecular weight excluding hydrogens is 620 g/mol. The van der Waals surface area contributed by atoms with Gasteiger partial charge in [0.15, 0.2) is 11.5 Å². The second-order valence-corrected chi connectivity index (χ2v) is 10.8. The first kappa shape index (κ1) is 33.7. The molecule has 17 nitrogen and oxygen atoms in total. The quantitative estimate of drug-likeness (QED) is 0.118. The minimum Gasteiger partial charge on any atom is -0.571 e. The van der Waals surface area contributed by atoms with Crippen molar-refractivity contribution in [3.05, 3.63) is 58.8 Å². The molecule has 4 aliphatic rings. The molecule has 1 aromatic carbocycles. The Balaban J connectivity index is 1.58. The molecular formula is C29H37O17+. The van der Waals surface area contributed by atoms with E-state index in [9.17, 15) is 51.1 Å². The van der Waals surface area contributed by atoms with E-state index in [0.29, 0.717) is 0 Å². The van der Waals surface area contributed by atoms with Crippen LogP contribution in [-0.2, 0) is 18.9 Å². The number of aromatic hydroxyl groups is 1. The molecule has 0 amide bonds. The van der Waals surface area contributed by atoms with Gasteiger partial charge in [0.05, 0.1) is 44.6 Å². The third-order valence-corrected chi connectivity index (χ3v) is 7.94. The van der Waals surface area contributed by atoms with Crippen LogP contribution in [-0.4, -0.2) is 151 Å². The highest BCUT2D eigenvalue weighted by Crippen LogP contribution is 2.43. The highest BCUT2D eigenvalue weighted by Gasteiger charge is 2.48. The Morgan fingerprint density at radius 3 is 1.74 bits per heavy atom. The van der Waals surface area contributed by atoms with Crippen LogP contribution in [0.1, 0.15) is 5.56 Å². The monoisotopic (exact) mass is 657 g/mol. The number of aliphatic hydroxyl groups excluding tert-OH is 9. The molecule has 11 N–H and O–H groups in total. The Labute approximate surface area is 261 Å². The summed E-state index contributed by atoms with van der Waals surface area (Å²) < 4.78 is 38.0. The fourth-order valence-corrected chi connectivity index (χ4v) is 5.36. The zero-order valence-electron chi connectivity index (χ0n) is 24.5. The van der Waals surface area contributed by atoms with Gasteiger partial charge in [-0.15, -0.1) is 0 Å². The van der Waals surface area contributed by atoms with Crippen molar-refractivity contribution in [3.8, 4) is 17.2 Å². The number of phenolic OH excluding ortho intramolecular Hbond substituents is 1. The summed E-state index contributed by atoms with van der Waals surface area (Å²) in [5.41, 5.74) is 0.441. The van der Waals surface area contributed by atoms with E-state index in [-0.39, 0.29) is 51.4 Å². The molecule has 1 aromatic rings. The first-order valence-electron chi connectivity index (χ1n) is 14.1. The van der Waals surface area contributed by atoms with Gasteiger partial charge >= 0.3 is 5.76 Å². The molecule has 2 fully saturated rings. The first-order chi connectivity index (χ1) is 21.9. The molecule has 0 radical (unpaired) electrons. The lowest BCUT2D eigenvalue weighted by atomic mass is 9.96. The Bertz CT molecular complexity index is 1370. The smallest absolute Gasteiger partial charge is 0.305 e. The predicted octanol–water partition coefficient (Wildman–Crippen LogP) is -3.11. The van der Waals surface area contributed by atoms with Crippen molar-refractivity contribution in [2.45, 2.75) is 67.5 Å². The van der Waals surface area contributed by atoms with E-state index >= 15 is 0 Å². The minimum absolute atomic E-state index is 0.00686. The van der Waals surface area contributed by atoms with Gasteiger partial charge in [-0.1, -0.05) is 0 Å². The molecule has 11 atom stereocenters. The van der Waals surface area contributed by atoms with E-state index in [1.54, 1.807) is 0 Å². The number of ether oxygens (including phenoxy) is 7. The molecule has 254 valence electrons. The molecule has 3 aliphatic heterocycles. The van der Waals surface area contributed by atoms with Crippen LogP contribution < -0.4 is 9.47 Å². The van der Waals surface area contributed by atoms with Crippen LogP contribution in [0.25, 0.3) is 5.76 Å². The lowest BCUT2D eigenvalue weighted by molar-refractivity contribution is -0.292.